The van der Waals surface area contributed by atoms with Crippen LogP contribution in [-0.4, -0.2) is 79.1 Å². The highest BCUT2D eigenvalue weighted by Gasteiger charge is 2.31. The molecule has 1 unspecified atom stereocenters. The lowest BCUT2D eigenvalue weighted by Crippen LogP contribution is -2.48. The molecule has 0 spiro atoms. The molecule has 1 atom stereocenters. The highest BCUT2D eigenvalue weighted by molar-refractivity contribution is 5.49. The lowest BCUT2D eigenvalue weighted by molar-refractivity contribution is 0.171. The Labute approximate surface area is 188 Å². The summed E-state index contributed by atoms with van der Waals surface area (Å²) in [6.07, 6.45) is 0. The quantitative estimate of drug-likeness (QED) is 0.534. The van der Waals surface area contributed by atoms with Crippen LogP contribution in [-0.2, 0) is 11.3 Å². The zero-order valence-electron chi connectivity index (χ0n) is 18.9. The molecule has 9 heteroatoms. The Morgan fingerprint density at radius 2 is 1.75 bits per heavy atom. The SMILES string of the molecule is COCCn1nnnc1C(c1ccc(N(C)C)cc1)N1CCN(c2ccccc2F)CC1. The minimum absolute atomic E-state index is 0.0964. The van der Waals surface area contributed by atoms with Gasteiger partial charge >= 0.3 is 0 Å². The van der Waals surface area contributed by atoms with Gasteiger partial charge in [0.1, 0.15) is 5.82 Å². The van der Waals surface area contributed by atoms with Crippen molar-refractivity contribution in [1.82, 2.24) is 25.1 Å². The average molecular weight is 440 g/mol. The van der Waals surface area contributed by atoms with Gasteiger partial charge in [-0.05, 0) is 40.3 Å². The number of aromatic nitrogens is 4. The summed E-state index contributed by atoms with van der Waals surface area (Å²) < 4.78 is 21.3. The third-order valence-electron chi connectivity index (χ3n) is 5.91. The number of benzene rings is 2. The molecule has 1 fully saturated rings. The largest absolute Gasteiger partial charge is 0.383 e. The lowest BCUT2D eigenvalue weighted by Gasteiger charge is -2.40. The van der Waals surface area contributed by atoms with Crippen molar-refractivity contribution in [3.05, 3.63) is 65.7 Å². The van der Waals surface area contributed by atoms with Gasteiger partial charge in [0.15, 0.2) is 5.82 Å². The number of hydrogen-bond acceptors (Lipinski definition) is 7. The van der Waals surface area contributed by atoms with E-state index in [4.69, 9.17) is 4.74 Å². The number of halogens is 1. The first-order chi connectivity index (χ1) is 15.6. The predicted octanol–water partition coefficient (Wildman–Crippen LogP) is 2.44. The van der Waals surface area contributed by atoms with E-state index < -0.39 is 0 Å². The van der Waals surface area contributed by atoms with Crippen molar-refractivity contribution in [1.29, 1.82) is 0 Å². The predicted molar refractivity (Wildman–Crippen MR) is 122 cm³/mol. The van der Waals surface area contributed by atoms with Crippen LogP contribution in [0.2, 0.25) is 0 Å². The Kier molecular flexibility index (Phi) is 6.96. The normalized spacial score (nSPS) is 15.7. The van der Waals surface area contributed by atoms with Crippen LogP contribution < -0.4 is 9.80 Å². The second-order valence-corrected chi connectivity index (χ2v) is 8.12. The molecular formula is C23H30FN7O. The van der Waals surface area contributed by atoms with Gasteiger partial charge in [0.05, 0.1) is 24.9 Å². The summed E-state index contributed by atoms with van der Waals surface area (Å²) in [5.41, 5.74) is 2.92. The highest BCUT2D eigenvalue weighted by atomic mass is 19.1. The molecule has 3 aromatic rings. The van der Waals surface area contributed by atoms with Crippen LogP contribution in [0.4, 0.5) is 15.8 Å². The Morgan fingerprint density at radius 1 is 1.03 bits per heavy atom. The summed E-state index contributed by atoms with van der Waals surface area (Å²) >= 11 is 0. The van der Waals surface area contributed by atoms with E-state index in [1.807, 2.05) is 30.9 Å². The van der Waals surface area contributed by atoms with E-state index in [-0.39, 0.29) is 11.9 Å². The van der Waals surface area contributed by atoms with Crippen molar-refractivity contribution >= 4 is 11.4 Å². The average Bonchev–Trinajstić information content (AvgIpc) is 3.27. The van der Waals surface area contributed by atoms with E-state index in [1.165, 1.54) is 6.07 Å². The molecule has 32 heavy (non-hydrogen) atoms. The van der Waals surface area contributed by atoms with Gasteiger partial charge in [-0.1, -0.05) is 24.3 Å². The monoisotopic (exact) mass is 439 g/mol. The van der Waals surface area contributed by atoms with Gasteiger partial charge < -0.3 is 14.5 Å². The second-order valence-electron chi connectivity index (χ2n) is 8.12. The number of para-hydroxylation sites is 1. The number of methoxy groups -OCH3 is 1. The molecular weight excluding hydrogens is 409 g/mol. The summed E-state index contributed by atoms with van der Waals surface area (Å²) in [7, 11) is 5.73. The molecule has 0 aliphatic carbocycles. The smallest absolute Gasteiger partial charge is 0.173 e. The Hall–Kier alpha value is -3.04. The van der Waals surface area contributed by atoms with Gasteiger partial charge in [-0.25, -0.2) is 9.07 Å². The standard InChI is InChI=1S/C23H30FN7O/c1-28(2)19-10-8-18(9-11-19)22(23-25-26-27-31(23)16-17-32-3)30-14-12-29(13-15-30)21-7-5-4-6-20(21)24/h4-11,22H,12-17H2,1-3H3. The summed E-state index contributed by atoms with van der Waals surface area (Å²) in [5, 5.41) is 12.5. The van der Waals surface area contributed by atoms with Crippen LogP contribution >= 0.6 is 0 Å². The van der Waals surface area contributed by atoms with Gasteiger partial charge in [0, 0.05) is 53.1 Å². The minimum Gasteiger partial charge on any atom is -0.383 e. The minimum atomic E-state index is -0.180. The van der Waals surface area contributed by atoms with Crippen molar-refractivity contribution < 1.29 is 9.13 Å². The first kappa shape index (κ1) is 22.2. The van der Waals surface area contributed by atoms with Crippen molar-refractivity contribution in [3.8, 4) is 0 Å². The molecule has 0 bridgehead atoms. The maximum absolute atomic E-state index is 14.3. The van der Waals surface area contributed by atoms with E-state index in [9.17, 15) is 4.39 Å². The molecule has 1 aliphatic heterocycles. The van der Waals surface area contributed by atoms with Gasteiger partial charge in [-0.3, -0.25) is 4.90 Å². The fraction of sp³-hybridized carbons (Fsp3) is 0.435. The first-order valence-corrected chi connectivity index (χ1v) is 10.8. The Bertz CT molecular complexity index is 1000. The molecule has 2 heterocycles. The van der Waals surface area contributed by atoms with E-state index in [1.54, 1.807) is 13.2 Å². The van der Waals surface area contributed by atoms with Crippen LogP contribution in [0.5, 0.6) is 0 Å². The summed E-state index contributed by atoms with van der Waals surface area (Å²) in [4.78, 5) is 6.55. The van der Waals surface area contributed by atoms with E-state index in [0.717, 1.165) is 43.3 Å². The number of piperazine rings is 1. The molecule has 4 rings (SSSR count). The summed E-state index contributed by atoms with van der Waals surface area (Å²) in [6, 6.07) is 15.4. The molecule has 0 N–H and O–H groups in total. The molecule has 2 aromatic carbocycles. The molecule has 1 aliphatic rings. The number of tetrazole rings is 1. The number of hydrogen-bond donors (Lipinski definition) is 0. The van der Waals surface area contributed by atoms with Crippen LogP contribution in [0, 0.1) is 5.82 Å². The zero-order valence-corrected chi connectivity index (χ0v) is 18.9. The highest BCUT2D eigenvalue weighted by Crippen LogP contribution is 2.30. The van der Waals surface area contributed by atoms with Gasteiger partial charge in [0.25, 0.3) is 0 Å². The second kappa shape index (κ2) is 10.1. The van der Waals surface area contributed by atoms with Crippen molar-refractivity contribution in [2.24, 2.45) is 0 Å². The number of rotatable bonds is 8. The van der Waals surface area contributed by atoms with E-state index in [0.29, 0.717) is 18.8 Å². The Balaban J connectivity index is 1.60. The summed E-state index contributed by atoms with van der Waals surface area (Å²) in [6.45, 7) is 4.11. The van der Waals surface area contributed by atoms with Crippen LogP contribution in [0.1, 0.15) is 17.4 Å². The molecule has 0 amide bonds. The number of nitrogens with zero attached hydrogens (tertiary/aromatic N) is 7. The number of ether oxygens (including phenoxy) is 1. The molecule has 1 aromatic heterocycles. The van der Waals surface area contributed by atoms with E-state index in [2.05, 4.69) is 54.5 Å². The summed E-state index contributed by atoms with van der Waals surface area (Å²) in [5.74, 6) is 0.610. The molecule has 8 nitrogen and oxygen atoms in total. The third kappa shape index (κ3) is 4.73. The van der Waals surface area contributed by atoms with Crippen LogP contribution in [0.15, 0.2) is 48.5 Å². The van der Waals surface area contributed by atoms with Crippen LogP contribution in [0.25, 0.3) is 0 Å². The number of anilines is 2. The van der Waals surface area contributed by atoms with Gasteiger partial charge in [-0.15, -0.1) is 5.10 Å². The molecule has 1 saturated heterocycles. The first-order valence-electron chi connectivity index (χ1n) is 10.8. The van der Waals surface area contributed by atoms with Crippen molar-refractivity contribution in [2.45, 2.75) is 12.6 Å². The Morgan fingerprint density at radius 3 is 2.41 bits per heavy atom. The van der Waals surface area contributed by atoms with Crippen LogP contribution in [0.3, 0.4) is 0 Å². The zero-order chi connectivity index (χ0) is 22.5. The molecule has 170 valence electrons. The lowest BCUT2D eigenvalue weighted by atomic mass is 10.0. The van der Waals surface area contributed by atoms with Crippen molar-refractivity contribution in [3.63, 3.8) is 0 Å². The third-order valence-corrected chi connectivity index (χ3v) is 5.91. The topological polar surface area (TPSA) is 62.6 Å². The van der Waals surface area contributed by atoms with Crippen molar-refractivity contribution in [2.75, 3.05) is 63.8 Å². The maximum atomic E-state index is 14.3. The molecule has 0 saturated carbocycles. The van der Waals surface area contributed by atoms with E-state index >= 15 is 0 Å². The van der Waals surface area contributed by atoms with Gasteiger partial charge in [-0.2, -0.15) is 0 Å². The fourth-order valence-electron chi connectivity index (χ4n) is 4.15. The molecule has 0 radical (unpaired) electrons. The maximum Gasteiger partial charge on any atom is 0.173 e. The van der Waals surface area contributed by atoms with Gasteiger partial charge in [0.2, 0.25) is 0 Å². The fourth-order valence-corrected chi connectivity index (χ4v) is 4.15.